The molecule has 0 unspecified atom stereocenters. The molecule has 30 heavy (non-hydrogen) atoms. The fourth-order valence-corrected chi connectivity index (χ4v) is 7.98. The second-order valence-electron chi connectivity index (χ2n) is 12.3. The van der Waals surface area contributed by atoms with E-state index in [0.29, 0.717) is 12.3 Å². The molecule has 1 N–H and O–H groups in total. The molecule has 4 rings (SSSR count). The van der Waals surface area contributed by atoms with Gasteiger partial charge in [0.1, 0.15) is 5.76 Å². The van der Waals surface area contributed by atoms with Crippen molar-refractivity contribution in [2.75, 3.05) is 0 Å². The van der Waals surface area contributed by atoms with E-state index in [4.69, 9.17) is 4.74 Å². The molecule has 1 heterocycles. The SMILES string of the molecule is CC(C)CCC[C@@H](C)[C@H]1CC[C@H]2C3=C(CC[C@]12C)[C@@]1(C)CC[C@H](O)C[C@]1(C)C(=O)O3. The first-order valence-corrected chi connectivity index (χ1v) is 12.7. The third kappa shape index (κ3) is 3.21. The molecule has 3 aliphatic carbocycles. The normalized spacial score (nSPS) is 44.4. The number of fused-ring (bicyclic) bond motifs is 4. The summed E-state index contributed by atoms with van der Waals surface area (Å²) in [6.07, 6.45) is 10.6. The van der Waals surface area contributed by atoms with Gasteiger partial charge in [0.25, 0.3) is 0 Å². The molecule has 3 nitrogen and oxygen atoms in total. The van der Waals surface area contributed by atoms with Crippen LogP contribution in [0, 0.1) is 39.9 Å². The van der Waals surface area contributed by atoms with Crippen LogP contribution in [0.3, 0.4) is 0 Å². The van der Waals surface area contributed by atoms with Gasteiger partial charge in [0.05, 0.1) is 11.5 Å². The summed E-state index contributed by atoms with van der Waals surface area (Å²) >= 11 is 0. The van der Waals surface area contributed by atoms with Gasteiger partial charge in [0.2, 0.25) is 0 Å². The monoisotopic (exact) mass is 416 g/mol. The Balaban J connectivity index is 1.60. The lowest BCUT2D eigenvalue weighted by molar-refractivity contribution is -0.174. The second-order valence-corrected chi connectivity index (χ2v) is 12.3. The standard InChI is InChI=1S/C27H44O3/c1-17(2)8-7-9-18(3)20-10-11-21-23-22(13-14-25(20,21)4)26(5)15-12-19(28)16-27(26,6)24(29)30-23/h17-21,28H,7-16H2,1-6H3/t18-,19+,20-,21+,25-,26-,27-/m1/s1. The molecule has 7 atom stereocenters. The largest absolute Gasteiger partial charge is 0.430 e. The smallest absolute Gasteiger partial charge is 0.317 e. The Morgan fingerprint density at radius 3 is 2.47 bits per heavy atom. The molecule has 3 heteroatoms. The van der Waals surface area contributed by atoms with Crippen LogP contribution in [-0.2, 0) is 9.53 Å². The van der Waals surface area contributed by atoms with Gasteiger partial charge >= 0.3 is 5.97 Å². The number of aliphatic hydroxyl groups is 1. The van der Waals surface area contributed by atoms with Gasteiger partial charge in [-0.3, -0.25) is 4.79 Å². The third-order valence-electron chi connectivity index (χ3n) is 10.2. The van der Waals surface area contributed by atoms with Gasteiger partial charge in [-0.2, -0.15) is 0 Å². The summed E-state index contributed by atoms with van der Waals surface area (Å²) in [7, 11) is 0. The van der Waals surface area contributed by atoms with E-state index in [0.717, 1.165) is 49.2 Å². The number of rotatable bonds is 5. The predicted molar refractivity (Wildman–Crippen MR) is 121 cm³/mol. The number of ether oxygens (including phenoxy) is 1. The Hall–Kier alpha value is -0.830. The van der Waals surface area contributed by atoms with Crippen molar-refractivity contribution in [2.45, 2.75) is 112 Å². The Morgan fingerprint density at radius 2 is 1.77 bits per heavy atom. The second kappa shape index (κ2) is 7.64. The lowest BCUT2D eigenvalue weighted by atomic mass is 9.49. The van der Waals surface area contributed by atoms with E-state index in [1.807, 2.05) is 6.92 Å². The highest BCUT2D eigenvalue weighted by molar-refractivity contribution is 5.81. The molecule has 0 radical (unpaired) electrons. The fraction of sp³-hybridized carbons (Fsp3) is 0.889. The Morgan fingerprint density at radius 1 is 1.03 bits per heavy atom. The number of carbonyl (C=O) groups is 1. The number of aliphatic hydroxyl groups excluding tert-OH is 1. The maximum Gasteiger partial charge on any atom is 0.317 e. The highest BCUT2D eigenvalue weighted by Gasteiger charge is 2.63. The fourth-order valence-electron chi connectivity index (χ4n) is 7.98. The zero-order chi connectivity index (χ0) is 21.9. The van der Waals surface area contributed by atoms with Crippen molar-refractivity contribution in [1.29, 1.82) is 0 Å². The molecule has 0 aromatic carbocycles. The number of hydrogen-bond acceptors (Lipinski definition) is 3. The molecule has 0 aromatic rings. The van der Waals surface area contributed by atoms with Crippen LogP contribution in [0.5, 0.6) is 0 Å². The van der Waals surface area contributed by atoms with Gasteiger partial charge in [-0.25, -0.2) is 0 Å². The number of hydrogen-bond donors (Lipinski definition) is 1. The zero-order valence-electron chi connectivity index (χ0n) is 20.2. The molecule has 0 spiro atoms. The first kappa shape index (κ1) is 22.4. The summed E-state index contributed by atoms with van der Waals surface area (Å²) < 4.78 is 6.23. The molecule has 0 aromatic heterocycles. The maximum absolute atomic E-state index is 13.3. The zero-order valence-corrected chi connectivity index (χ0v) is 20.2. The number of carbonyl (C=O) groups excluding carboxylic acids is 1. The van der Waals surface area contributed by atoms with Crippen LogP contribution >= 0.6 is 0 Å². The number of esters is 1. The molecular formula is C27H44O3. The van der Waals surface area contributed by atoms with E-state index < -0.39 is 5.41 Å². The summed E-state index contributed by atoms with van der Waals surface area (Å²) in [5.41, 5.74) is 0.944. The summed E-state index contributed by atoms with van der Waals surface area (Å²) in [5.74, 6) is 3.64. The van der Waals surface area contributed by atoms with Crippen LogP contribution in [0.1, 0.15) is 106 Å². The van der Waals surface area contributed by atoms with Crippen LogP contribution in [0.4, 0.5) is 0 Å². The van der Waals surface area contributed by atoms with Crippen molar-refractivity contribution in [3.63, 3.8) is 0 Å². The topological polar surface area (TPSA) is 46.5 Å². The minimum atomic E-state index is -0.584. The highest BCUT2D eigenvalue weighted by Crippen LogP contribution is 2.67. The van der Waals surface area contributed by atoms with E-state index in [1.54, 1.807) is 0 Å². The summed E-state index contributed by atoms with van der Waals surface area (Å²) in [4.78, 5) is 13.3. The van der Waals surface area contributed by atoms with Crippen molar-refractivity contribution < 1.29 is 14.6 Å². The van der Waals surface area contributed by atoms with Crippen molar-refractivity contribution in [2.24, 2.45) is 39.9 Å². The van der Waals surface area contributed by atoms with E-state index in [9.17, 15) is 9.90 Å². The van der Waals surface area contributed by atoms with Crippen LogP contribution in [-0.4, -0.2) is 17.2 Å². The molecule has 0 saturated heterocycles. The Bertz CT molecular complexity index is 724. The quantitative estimate of drug-likeness (QED) is 0.511. The van der Waals surface area contributed by atoms with Crippen LogP contribution < -0.4 is 0 Å². The van der Waals surface area contributed by atoms with Crippen LogP contribution in [0.25, 0.3) is 0 Å². The molecule has 2 fully saturated rings. The van der Waals surface area contributed by atoms with Gasteiger partial charge in [0.15, 0.2) is 0 Å². The average molecular weight is 417 g/mol. The first-order chi connectivity index (χ1) is 14.0. The first-order valence-electron chi connectivity index (χ1n) is 12.7. The molecule has 0 bridgehead atoms. The van der Waals surface area contributed by atoms with Gasteiger partial charge in [0, 0.05) is 11.3 Å². The van der Waals surface area contributed by atoms with Gasteiger partial charge in [-0.1, -0.05) is 53.9 Å². The van der Waals surface area contributed by atoms with Gasteiger partial charge in [-0.05, 0) is 80.6 Å². The van der Waals surface area contributed by atoms with Gasteiger partial charge in [-0.15, -0.1) is 0 Å². The van der Waals surface area contributed by atoms with Crippen molar-refractivity contribution in [3.05, 3.63) is 11.3 Å². The number of allylic oxidation sites excluding steroid dienone is 2. The summed E-state index contributed by atoms with van der Waals surface area (Å²) in [6, 6.07) is 0. The maximum atomic E-state index is 13.3. The summed E-state index contributed by atoms with van der Waals surface area (Å²) in [5, 5.41) is 10.3. The molecule has 170 valence electrons. The minimum Gasteiger partial charge on any atom is -0.430 e. The molecule has 0 amide bonds. The molecular weight excluding hydrogens is 372 g/mol. The Labute approximate surface area is 184 Å². The van der Waals surface area contributed by atoms with Crippen molar-refractivity contribution in [3.8, 4) is 0 Å². The molecule has 4 aliphatic rings. The highest BCUT2D eigenvalue weighted by atomic mass is 16.5. The Kier molecular flexibility index (Phi) is 5.70. The summed E-state index contributed by atoms with van der Waals surface area (Å²) in [6.45, 7) is 13.9. The van der Waals surface area contributed by atoms with E-state index in [1.165, 1.54) is 37.7 Å². The predicted octanol–water partition coefficient (Wildman–Crippen LogP) is 6.64. The van der Waals surface area contributed by atoms with Crippen LogP contribution in [0.2, 0.25) is 0 Å². The molecule has 1 aliphatic heterocycles. The van der Waals surface area contributed by atoms with E-state index in [2.05, 4.69) is 34.6 Å². The van der Waals surface area contributed by atoms with E-state index >= 15 is 0 Å². The lowest BCUT2D eigenvalue weighted by Gasteiger charge is -2.57. The average Bonchev–Trinajstić information content (AvgIpc) is 3.01. The van der Waals surface area contributed by atoms with Crippen LogP contribution in [0.15, 0.2) is 11.3 Å². The van der Waals surface area contributed by atoms with E-state index in [-0.39, 0.29) is 22.9 Å². The molecule has 2 saturated carbocycles. The van der Waals surface area contributed by atoms with Gasteiger partial charge < -0.3 is 9.84 Å². The third-order valence-corrected chi connectivity index (χ3v) is 10.2. The van der Waals surface area contributed by atoms with Crippen molar-refractivity contribution in [1.82, 2.24) is 0 Å². The minimum absolute atomic E-state index is 0.0832. The van der Waals surface area contributed by atoms with Crippen molar-refractivity contribution >= 4 is 5.97 Å². The lowest BCUT2D eigenvalue weighted by Crippen LogP contribution is -2.56.